The lowest BCUT2D eigenvalue weighted by atomic mass is 10.2. The molecule has 23 heavy (non-hydrogen) atoms. The minimum atomic E-state index is -3.54. The van der Waals surface area contributed by atoms with Crippen molar-refractivity contribution in [2.24, 2.45) is 0 Å². The molecule has 6 nitrogen and oxygen atoms in total. The maximum Gasteiger partial charge on any atom is 0.328 e. The summed E-state index contributed by atoms with van der Waals surface area (Å²) >= 11 is 0. The molecule has 0 spiro atoms. The molecule has 2 rings (SSSR count). The summed E-state index contributed by atoms with van der Waals surface area (Å²) in [6, 6.07) is 5.28. The van der Waals surface area contributed by atoms with Crippen molar-refractivity contribution in [3.8, 4) is 0 Å². The first kappa shape index (κ1) is 17.5. The summed E-state index contributed by atoms with van der Waals surface area (Å²) in [5.41, 5.74) is 0.970. The molecule has 0 saturated carbocycles. The van der Waals surface area contributed by atoms with E-state index in [2.05, 4.69) is 0 Å². The average Bonchev–Trinajstić information content (AvgIpc) is 2.88. The third-order valence-corrected chi connectivity index (χ3v) is 5.96. The molecular formula is C16H21NO5S. The Morgan fingerprint density at radius 3 is 2.52 bits per heavy atom. The van der Waals surface area contributed by atoms with Gasteiger partial charge >= 0.3 is 5.97 Å². The minimum Gasteiger partial charge on any atom is -0.467 e. The first-order valence-electron chi connectivity index (χ1n) is 7.44. The fourth-order valence-corrected chi connectivity index (χ4v) is 4.40. The van der Waals surface area contributed by atoms with E-state index in [1.807, 2.05) is 6.92 Å². The van der Waals surface area contributed by atoms with Crippen LogP contribution in [0.3, 0.4) is 0 Å². The van der Waals surface area contributed by atoms with Crippen molar-refractivity contribution >= 4 is 21.7 Å². The van der Waals surface area contributed by atoms with Crippen LogP contribution in [0.1, 0.15) is 25.3 Å². The molecule has 126 valence electrons. The van der Waals surface area contributed by atoms with Crippen LogP contribution in [0.2, 0.25) is 0 Å². The molecule has 1 heterocycles. The molecule has 2 atom stereocenters. The first-order valence-corrected chi connectivity index (χ1v) is 9.10. The highest BCUT2D eigenvalue weighted by Crippen LogP contribution is 2.24. The lowest BCUT2D eigenvalue weighted by Crippen LogP contribution is -2.47. The number of hydrogen-bond donors (Lipinski definition) is 0. The molecule has 1 amide bonds. The van der Waals surface area contributed by atoms with E-state index in [1.165, 1.54) is 12.0 Å². The van der Waals surface area contributed by atoms with Crippen LogP contribution in [0.15, 0.2) is 29.2 Å². The standard InChI is InChI=1S/C16H21NO5S/c1-11-4-6-13(7-5-11)23(20,21)10-12(2)17-14(16(19)22-3)8-9-15(17)18/h4-7,12,14H,8-10H2,1-3H3. The summed E-state index contributed by atoms with van der Waals surface area (Å²) in [6.07, 6.45) is 0.592. The van der Waals surface area contributed by atoms with Crippen LogP contribution in [-0.2, 0) is 24.2 Å². The van der Waals surface area contributed by atoms with Crippen LogP contribution in [0.4, 0.5) is 0 Å². The van der Waals surface area contributed by atoms with Gasteiger partial charge in [-0.1, -0.05) is 17.7 Å². The minimum absolute atomic E-state index is 0.216. The summed E-state index contributed by atoms with van der Waals surface area (Å²) < 4.78 is 29.7. The van der Waals surface area contributed by atoms with Crippen molar-refractivity contribution in [3.05, 3.63) is 29.8 Å². The van der Waals surface area contributed by atoms with Gasteiger partial charge in [-0.05, 0) is 32.4 Å². The van der Waals surface area contributed by atoms with Crippen molar-refractivity contribution in [1.29, 1.82) is 0 Å². The van der Waals surface area contributed by atoms with Gasteiger partial charge in [-0.2, -0.15) is 0 Å². The molecule has 0 aromatic heterocycles. The van der Waals surface area contributed by atoms with E-state index in [0.29, 0.717) is 6.42 Å². The van der Waals surface area contributed by atoms with Gasteiger partial charge < -0.3 is 9.64 Å². The Labute approximate surface area is 136 Å². The van der Waals surface area contributed by atoms with Crippen molar-refractivity contribution in [2.45, 2.75) is 43.7 Å². The van der Waals surface area contributed by atoms with E-state index in [1.54, 1.807) is 31.2 Å². The van der Waals surface area contributed by atoms with E-state index in [4.69, 9.17) is 4.74 Å². The molecule has 0 radical (unpaired) electrons. The lowest BCUT2D eigenvalue weighted by molar-refractivity contribution is -0.150. The lowest BCUT2D eigenvalue weighted by Gasteiger charge is -2.29. The number of methoxy groups -OCH3 is 1. The second kappa shape index (κ2) is 6.70. The summed E-state index contributed by atoms with van der Waals surface area (Å²) in [5, 5.41) is 0. The number of aryl methyl sites for hydroxylation is 1. The van der Waals surface area contributed by atoms with E-state index < -0.39 is 27.9 Å². The summed E-state index contributed by atoms with van der Waals surface area (Å²) in [5.74, 6) is -0.947. The van der Waals surface area contributed by atoms with Gasteiger partial charge in [0, 0.05) is 12.5 Å². The highest BCUT2D eigenvalue weighted by atomic mass is 32.2. The molecule has 1 aliphatic rings. The van der Waals surface area contributed by atoms with Crippen LogP contribution in [0, 0.1) is 6.92 Å². The number of carbonyl (C=O) groups excluding carboxylic acids is 2. The number of amides is 1. The van der Waals surface area contributed by atoms with E-state index in [0.717, 1.165) is 5.56 Å². The highest BCUT2D eigenvalue weighted by Gasteiger charge is 2.40. The molecule has 0 aliphatic carbocycles. The molecule has 1 aromatic rings. The predicted molar refractivity (Wildman–Crippen MR) is 84.6 cm³/mol. The third-order valence-electron chi connectivity index (χ3n) is 4.04. The maximum absolute atomic E-state index is 12.5. The van der Waals surface area contributed by atoms with Crippen LogP contribution in [-0.4, -0.2) is 50.1 Å². The normalized spacial score (nSPS) is 19.7. The summed E-state index contributed by atoms with van der Waals surface area (Å²) in [4.78, 5) is 25.4. The molecule has 1 saturated heterocycles. The number of ether oxygens (including phenoxy) is 1. The molecule has 0 N–H and O–H groups in total. The molecule has 0 bridgehead atoms. The zero-order valence-electron chi connectivity index (χ0n) is 13.5. The Hall–Kier alpha value is -1.89. The van der Waals surface area contributed by atoms with Gasteiger partial charge in [0.25, 0.3) is 0 Å². The number of benzene rings is 1. The van der Waals surface area contributed by atoms with Crippen molar-refractivity contribution in [1.82, 2.24) is 4.90 Å². The monoisotopic (exact) mass is 339 g/mol. The third kappa shape index (κ3) is 3.72. The summed E-state index contributed by atoms with van der Waals surface area (Å²) in [7, 11) is -2.28. The van der Waals surface area contributed by atoms with Crippen LogP contribution in [0.5, 0.6) is 0 Å². The number of sulfone groups is 1. The number of nitrogens with zero attached hydrogens (tertiary/aromatic N) is 1. The van der Waals surface area contributed by atoms with E-state index >= 15 is 0 Å². The quantitative estimate of drug-likeness (QED) is 0.756. The molecule has 7 heteroatoms. The van der Waals surface area contributed by atoms with Crippen LogP contribution in [0.25, 0.3) is 0 Å². The predicted octanol–water partition coefficient (Wildman–Crippen LogP) is 1.32. The molecule has 1 aliphatic heterocycles. The van der Waals surface area contributed by atoms with Gasteiger partial charge in [-0.25, -0.2) is 13.2 Å². The number of likely N-dealkylation sites (tertiary alicyclic amines) is 1. The Kier molecular flexibility index (Phi) is 5.09. The second-order valence-corrected chi connectivity index (χ2v) is 7.86. The number of carbonyl (C=O) groups is 2. The Morgan fingerprint density at radius 1 is 1.35 bits per heavy atom. The maximum atomic E-state index is 12.5. The van der Waals surface area contributed by atoms with Gasteiger partial charge in [-0.15, -0.1) is 0 Å². The van der Waals surface area contributed by atoms with Gasteiger partial charge in [0.15, 0.2) is 9.84 Å². The fraction of sp³-hybridized carbons (Fsp3) is 0.500. The fourth-order valence-electron chi connectivity index (χ4n) is 2.86. The Balaban J connectivity index is 2.19. The van der Waals surface area contributed by atoms with E-state index in [-0.39, 0.29) is 23.0 Å². The van der Waals surface area contributed by atoms with Crippen molar-refractivity contribution in [3.63, 3.8) is 0 Å². The highest BCUT2D eigenvalue weighted by molar-refractivity contribution is 7.91. The Morgan fingerprint density at radius 2 is 1.96 bits per heavy atom. The molecule has 1 aromatic carbocycles. The largest absolute Gasteiger partial charge is 0.467 e. The zero-order chi connectivity index (χ0) is 17.2. The second-order valence-electron chi connectivity index (χ2n) is 5.82. The zero-order valence-corrected chi connectivity index (χ0v) is 14.3. The first-order chi connectivity index (χ1) is 10.8. The van der Waals surface area contributed by atoms with Gasteiger partial charge in [0.1, 0.15) is 6.04 Å². The average molecular weight is 339 g/mol. The number of esters is 1. The summed E-state index contributed by atoms with van der Waals surface area (Å²) in [6.45, 7) is 3.52. The van der Waals surface area contributed by atoms with Crippen LogP contribution < -0.4 is 0 Å². The topological polar surface area (TPSA) is 80.8 Å². The molecular weight excluding hydrogens is 318 g/mol. The van der Waals surface area contributed by atoms with Crippen LogP contribution >= 0.6 is 0 Å². The number of hydrogen-bond acceptors (Lipinski definition) is 5. The van der Waals surface area contributed by atoms with Gasteiger partial charge in [0.2, 0.25) is 5.91 Å². The molecule has 1 fully saturated rings. The molecule has 2 unspecified atom stereocenters. The Bertz CT molecular complexity index is 696. The van der Waals surface area contributed by atoms with Crippen molar-refractivity contribution < 1.29 is 22.7 Å². The number of rotatable bonds is 5. The van der Waals surface area contributed by atoms with Gasteiger partial charge in [-0.3, -0.25) is 4.79 Å². The SMILES string of the molecule is COC(=O)C1CCC(=O)N1C(C)CS(=O)(=O)c1ccc(C)cc1. The smallest absolute Gasteiger partial charge is 0.328 e. The van der Waals surface area contributed by atoms with Crippen molar-refractivity contribution in [2.75, 3.05) is 12.9 Å². The van der Waals surface area contributed by atoms with Gasteiger partial charge in [0.05, 0.1) is 17.8 Å². The van der Waals surface area contributed by atoms with E-state index in [9.17, 15) is 18.0 Å².